The molecule has 3 nitrogen and oxygen atoms in total. The Morgan fingerprint density at radius 3 is 2.81 bits per heavy atom. The van der Waals surface area contributed by atoms with Crippen molar-refractivity contribution in [1.29, 1.82) is 0 Å². The second-order valence-corrected chi connectivity index (χ2v) is 6.34. The first kappa shape index (κ1) is 14.8. The van der Waals surface area contributed by atoms with E-state index in [1.54, 1.807) is 19.1 Å². The monoisotopic (exact) mass is 294 g/mol. The number of halogens is 1. The Bertz CT molecular complexity index is 495. The summed E-state index contributed by atoms with van der Waals surface area (Å²) in [6, 6.07) is 4.61. The van der Waals surface area contributed by atoms with E-state index in [0.717, 1.165) is 12.8 Å². The number of ether oxygens (including phenoxy) is 2. The van der Waals surface area contributed by atoms with Crippen LogP contribution in [0.5, 0.6) is 5.75 Å². The van der Waals surface area contributed by atoms with Crippen molar-refractivity contribution in [2.45, 2.75) is 63.3 Å². The lowest BCUT2D eigenvalue weighted by Gasteiger charge is -2.23. The number of benzene rings is 1. The fraction of sp³-hybridized carbons (Fsp3) is 0.647. The van der Waals surface area contributed by atoms with Crippen LogP contribution in [0, 0.1) is 5.82 Å². The summed E-state index contributed by atoms with van der Waals surface area (Å²) in [5.41, 5.74) is 0.402. The Labute approximate surface area is 125 Å². The molecule has 1 aliphatic carbocycles. The molecule has 1 N–H and O–H groups in total. The molecule has 1 aliphatic heterocycles. The molecule has 1 aromatic carbocycles. The Morgan fingerprint density at radius 2 is 2.14 bits per heavy atom. The van der Waals surface area contributed by atoms with Crippen LogP contribution in [0.3, 0.4) is 0 Å². The van der Waals surface area contributed by atoms with Gasteiger partial charge in [0.05, 0.1) is 17.8 Å². The van der Waals surface area contributed by atoms with Gasteiger partial charge in [0.1, 0.15) is 18.2 Å². The van der Waals surface area contributed by atoms with Gasteiger partial charge in [0, 0.05) is 11.6 Å². The fourth-order valence-corrected chi connectivity index (χ4v) is 3.53. The summed E-state index contributed by atoms with van der Waals surface area (Å²) in [5, 5.41) is 9.41. The summed E-state index contributed by atoms with van der Waals surface area (Å²) < 4.78 is 25.6. The van der Waals surface area contributed by atoms with Gasteiger partial charge in [-0.25, -0.2) is 4.39 Å². The van der Waals surface area contributed by atoms with Crippen molar-refractivity contribution >= 4 is 0 Å². The van der Waals surface area contributed by atoms with Gasteiger partial charge in [0.15, 0.2) is 0 Å². The van der Waals surface area contributed by atoms with Crippen molar-refractivity contribution in [3.63, 3.8) is 0 Å². The van der Waals surface area contributed by atoms with Crippen molar-refractivity contribution in [3.8, 4) is 5.75 Å². The molecule has 0 aromatic heterocycles. The lowest BCUT2D eigenvalue weighted by Crippen LogP contribution is -2.27. The van der Waals surface area contributed by atoms with Crippen LogP contribution in [0.2, 0.25) is 0 Å². The van der Waals surface area contributed by atoms with Crippen molar-refractivity contribution in [2.24, 2.45) is 0 Å². The topological polar surface area (TPSA) is 38.7 Å². The second kappa shape index (κ2) is 5.93. The highest BCUT2D eigenvalue weighted by Crippen LogP contribution is 2.43. The van der Waals surface area contributed by atoms with Gasteiger partial charge in [-0.05, 0) is 44.7 Å². The van der Waals surface area contributed by atoms with Gasteiger partial charge in [-0.3, -0.25) is 0 Å². The summed E-state index contributed by atoms with van der Waals surface area (Å²) in [5.74, 6) is 0.0648. The molecule has 3 rings (SSSR count). The molecule has 2 atom stereocenters. The number of hydrogen-bond donors (Lipinski definition) is 1. The number of aliphatic hydroxyl groups excluding tert-OH is 1. The van der Waals surface area contributed by atoms with Crippen molar-refractivity contribution in [1.82, 2.24) is 0 Å². The SMILES string of the molecule is C[C@H](O)c1ccc(OCC2CCC3(CCCC3)O2)cc1F. The van der Waals surface area contributed by atoms with E-state index in [4.69, 9.17) is 9.47 Å². The van der Waals surface area contributed by atoms with E-state index in [1.807, 2.05) is 0 Å². The summed E-state index contributed by atoms with van der Waals surface area (Å²) in [4.78, 5) is 0. The summed E-state index contributed by atoms with van der Waals surface area (Å²) in [6.07, 6.45) is 6.31. The van der Waals surface area contributed by atoms with Crippen LogP contribution in [0.15, 0.2) is 18.2 Å². The Morgan fingerprint density at radius 1 is 1.38 bits per heavy atom. The molecule has 0 amide bonds. The van der Waals surface area contributed by atoms with E-state index >= 15 is 0 Å². The first-order chi connectivity index (χ1) is 10.1. The van der Waals surface area contributed by atoms with Gasteiger partial charge in [0.25, 0.3) is 0 Å². The molecule has 0 bridgehead atoms. The standard InChI is InChI=1S/C17H23FO3/c1-12(19)15-5-4-13(10-16(15)18)20-11-14-6-9-17(21-14)7-2-3-8-17/h4-5,10,12,14,19H,2-3,6-9,11H2,1H3/t12-,14?/m0/s1. The molecule has 2 aliphatic rings. The quantitative estimate of drug-likeness (QED) is 0.919. The maximum absolute atomic E-state index is 13.8. The minimum absolute atomic E-state index is 0.107. The third kappa shape index (κ3) is 3.22. The summed E-state index contributed by atoms with van der Waals surface area (Å²) >= 11 is 0. The van der Waals surface area contributed by atoms with Gasteiger partial charge >= 0.3 is 0 Å². The molecule has 0 radical (unpaired) electrons. The highest BCUT2D eigenvalue weighted by atomic mass is 19.1. The van der Waals surface area contributed by atoms with Crippen molar-refractivity contribution in [3.05, 3.63) is 29.6 Å². The van der Waals surface area contributed by atoms with Gasteiger partial charge in [0.2, 0.25) is 0 Å². The lowest BCUT2D eigenvalue weighted by atomic mass is 9.98. The van der Waals surface area contributed by atoms with E-state index in [0.29, 0.717) is 17.9 Å². The van der Waals surface area contributed by atoms with Crippen LogP contribution < -0.4 is 4.74 Å². The minimum Gasteiger partial charge on any atom is -0.491 e. The van der Waals surface area contributed by atoms with Crippen LogP contribution in [-0.2, 0) is 4.74 Å². The van der Waals surface area contributed by atoms with E-state index in [2.05, 4.69) is 0 Å². The first-order valence-corrected chi connectivity index (χ1v) is 7.86. The average Bonchev–Trinajstić information content (AvgIpc) is 3.07. The predicted octanol–water partition coefficient (Wildman–Crippen LogP) is 3.75. The van der Waals surface area contributed by atoms with Gasteiger partial charge in [-0.15, -0.1) is 0 Å². The molecule has 1 saturated heterocycles. The molecule has 116 valence electrons. The number of hydrogen-bond acceptors (Lipinski definition) is 3. The van der Waals surface area contributed by atoms with Crippen LogP contribution in [0.4, 0.5) is 4.39 Å². The van der Waals surface area contributed by atoms with Crippen molar-refractivity contribution < 1.29 is 19.0 Å². The summed E-state index contributed by atoms with van der Waals surface area (Å²) in [7, 11) is 0. The van der Waals surface area contributed by atoms with Crippen LogP contribution in [0.1, 0.15) is 57.1 Å². The van der Waals surface area contributed by atoms with Crippen LogP contribution in [0.25, 0.3) is 0 Å². The van der Waals surface area contributed by atoms with Gasteiger partial charge < -0.3 is 14.6 Å². The smallest absolute Gasteiger partial charge is 0.132 e. The van der Waals surface area contributed by atoms with E-state index in [-0.39, 0.29) is 11.7 Å². The Hall–Kier alpha value is -1.13. The van der Waals surface area contributed by atoms with E-state index < -0.39 is 11.9 Å². The minimum atomic E-state index is -0.806. The molecule has 1 saturated carbocycles. The normalized spacial score (nSPS) is 25.4. The maximum Gasteiger partial charge on any atom is 0.132 e. The zero-order chi connectivity index (χ0) is 14.9. The number of rotatable bonds is 4. The zero-order valence-corrected chi connectivity index (χ0v) is 12.5. The van der Waals surface area contributed by atoms with Crippen molar-refractivity contribution in [2.75, 3.05) is 6.61 Å². The third-order valence-corrected chi connectivity index (χ3v) is 4.71. The van der Waals surface area contributed by atoms with E-state index in [1.165, 1.54) is 31.7 Å². The highest BCUT2D eigenvalue weighted by molar-refractivity contribution is 5.30. The van der Waals surface area contributed by atoms with Gasteiger partial charge in [-0.2, -0.15) is 0 Å². The predicted molar refractivity (Wildman–Crippen MR) is 77.8 cm³/mol. The molecule has 2 fully saturated rings. The molecule has 1 spiro atoms. The Kier molecular flexibility index (Phi) is 4.18. The zero-order valence-electron chi connectivity index (χ0n) is 12.5. The molecular formula is C17H23FO3. The molecule has 4 heteroatoms. The molecule has 1 heterocycles. The maximum atomic E-state index is 13.8. The fourth-order valence-electron chi connectivity index (χ4n) is 3.53. The van der Waals surface area contributed by atoms with Gasteiger partial charge in [-0.1, -0.05) is 12.8 Å². The van der Waals surface area contributed by atoms with Crippen LogP contribution in [-0.4, -0.2) is 23.4 Å². The lowest BCUT2D eigenvalue weighted by molar-refractivity contribution is -0.0509. The molecular weight excluding hydrogens is 271 g/mol. The number of aliphatic hydroxyl groups is 1. The molecule has 1 unspecified atom stereocenters. The third-order valence-electron chi connectivity index (χ3n) is 4.71. The first-order valence-electron chi connectivity index (χ1n) is 7.86. The molecule has 1 aromatic rings. The average molecular weight is 294 g/mol. The second-order valence-electron chi connectivity index (χ2n) is 6.34. The largest absolute Gasteiger partial charge is 0.491 e. The highest BCUT2D eigenvalue weighted by Gasteiger charge is 2.42. The Balaban J connectivity index is 1.55. The van der Waals surface area contributed by atoms with E-state index in [9.17, 15) is 9.50 Å². The van der Waals surface area contributed by atoms with Crippen LogP contribution >= 0.6 is 0 Å². The molecule has 21 heavy (non-hydrogen) atoms. The summed E-state index contributed by atoms with van der Waals surface area (Å²) in [6.45, 7) is 2.02.